The van der Waals surface area contributed by atoms with Crippen molar-refractivity contribution in [2.45, 2.75) is 6.42 Å². The number of ether oxygens (including phenoxy) is 1. The van der Waals surface area contributed by atoms with Crippen LogP contribution in [0.15, 0.2) is 48.7 Å². The van der Waals surface area contributed by atoms with Gasteiger partial charge < -0.3 is 14.2 Å². The molecule has 0 aliphatic carbocycles. The molecular formula is C20H21N4O3S-. The van der Waals surface area contributed by atoms with Gasteiger partial charge in [0.2, 0.25) is 0 Å². The van der Waals surface area contributed by atoms with E-state index in [0.717, 1.165) is 46.6 Å². The third kappa shape index (κ3) is 4.53. The van der Waals surface area contributed by atoms with Crippen LogP contribution in [0.1, 0.15) is 5.56 Å². The molecule has 3 aromatic rings. The predicted molar refractivity (Wildman–Crippen MR) is 109 cm³/mol. The smallest absolute Gasteiger partial charge is 0.148 e. The molecule has 1 N–H and O–H groups in total. The minimum atomic E-state index is -2.23. The molecule has 0 saturated carbocycles. The lowest BCUT2D eigenvalue weighted by Gasteiger charge is -2.27. The van der Waals surface area contributed by atoms with Crippen molar-refractivity contribution in [3.63, 3.8) is 0 Å². The van der Waals surface area contributed by atoms with E-state index in [9.17, 15) is 8.76 Å². The van der Waals surface area contributed by atoms with Crippen molar-refractivity contribution in [3.05, 3.63) is 54.2 Å². The number of fused-ring (bicyclic) bond motifs is 1. The summed E-state index contributed by atoms with van der Waals surface area (Å²) in [5, 5.41) is 0. The lowest BCUT2D eigenvalue weighted by molar-refractivity contribution is 0.122. The van der Waals surface area contributed by atoms with Crippen molar-refractivity contribution < 1.29 is 13.5 Å². The number of benzene rings is 2. The maximum absolute atomic E-state index is 10.6. The Morgan fingerprint density at radius 1 is 1.11 bits per heavy atom. The van der Waals surface area contributed by atoms with Crippen molar-refractivity contribution in [1.29, 1.82) is 0 Å². The second kappa shape index (κ2) is 8.74. The van der Waals surface area contributed by atoms with E-state index in [4.69, 9.17) is 9.72 Å². The molecular weight excluding hydrogens is 376 g/mol. The highest BCUT2D eigenvalue weighted by Gasteiger charge is 2.13. The Labute approximate surface area is 166 Å². The number of rotatable bonds is 6. The van der Waals surface area contributed by atoms with Gasteiger partial charge >= 0.3 is 0 Å². The van der Waals surface area contributed by atoms with E-state index >= 15 is 0 Å². The van der Waals surface area contributed by atoms with Crippen LogP contribution in [-0.2, 0) is 22.4 Å². The van der Waals surface area contributed by atoms with Gasteiger partial charge in [-0.15, -0.1) is 0 Å². The largest absolute Gasteiger partial charge is 0.760 e. The summed E-state index contributed by atoms with van der Waals surface area (Å²) < 4.78 is 29.0. The molecule has 0 spiro atoms. The van der Waals surface area contributed by atoms with Crippen LogP contribution in [0.4, 0.5) is 5.82 Å². The lowest BCUT2D eigenvalue weighted by atomic mass is 10.0. The molecule has 2 heterocycles. The van der Waals surface area contributed by atoms with Crippen molar-refractivity contribution >= 4 is 28.1 Å². The Balaban J connectivity index is 1.59. The molecule has 1 atom stereocenters. The molecule has 0 amide bonds. The zero-order chi connectivity index (χ0) is 19.3. The molecule has 146 valence electrons. The Morgan fingerprint density at radius 2 is 1.93 bits per heavy atom. The predicted octanol–water partition coefficient (Wildman–Crippen LogP) is 2.06. The minimum absolute atomic E-state index is 0.381. The molecule has 0 bridgehead atoms. The average Bonchev–Trinajstić information content (AvgIpc) is 2.73. The number of morpholine rings is 1. The molecule has 8 heteroatoms. The Kier molecular flexibility index (Phi) is 5.92. The molecule has 1 aliphatic rings. The number of aromatic nitrogens is 2. The zero-order valence-corrected chi connectivity index (χ0v) is 16.2. The third-order valence-corrected chi connectivity index (χ3v) is 5.20. The molecule has 4 rings (SSSR count). The lowest BCUT2D eigenvalue weighted by Crippen LogP contribution is -2.36. The average molecular weight is 397 g/mol. The van der Waals surface area contributed by atoms with Gasteiger partial charge in [0.1, 0.15) is 5.82 Å². The van der Waals surface area contributed by atoms with Gasteiger partial charge in [-0.3, -0.25) is 9.19 Å². The summed E-state index contributed by atoms with van der Waals surface area (Å²) in [5.41, 5.74) is 4.92. The monoisotopic (exact) mass is 397 g/mol. The van der Waals surface area contributed by atoms with Crippen LogP contribution in [-0.4, -0.2) is 51.6 Å². The number of hydrogen-bond acceptors (Lipinski definition) is 6. The van der Waals surface area contributed by atoms with Gasteiger partial charge in [-0.25, -0.2) is 9.71 Å². The zero-order valence-electron chi connectivity index (χ0n) is 15.3. The quantitative estimate of drug-likeness (QED) is 0.641. The van der Waals surface area contributed by atoms with Gasteiger partial charge in [-0.2, -0.15) is 0 Å². The van der Waals surface area contributed by atoms with Crippen molar-refractivity contribution in [2.75, 3.05) is 37.7 Å². The van der Waals surface area contributed by atoms with Crippen LogP contribution < -0.4 is 9.62 Å². The number of nitrogens with zero attached hydrogens (tertiary/aromatic N) is 3. The van der Waals surface area contributed by atoms with Crippen LogP contribution in [0.5, 0.6) is 0 Å². The third-order valence-electron chi connectivity index (χ3n) is 4.76. The van der Waals surface area contributed by atoms with E-state index in [0.29, 0.717) is 26.2 Å². The van der Waals surface area contributed by atoms with Crippen molar-refractivity contribution in [1.82, 2.24) is 14.7 Å². The van der Waals surface area contributed by atoms with Crippen LogP contribution in [0.2, 0.25) is 0 Å². The molecule has 1 unspecified atom stereocenters. The first kappa shape index (κ1) is 18.9. The molecule has 1 aliphatic heterocycles. The van der Waals surface area contributed by atoms with Crippen LogP contribution in [0, 0.1) is 0 Å². The van der Waals surface area contributed by atoms with E-state index in [-0.39, 0.29) is 0 Å². The van der Waals surface area contributed by atoms with E-state index in [1.54, 1.807) is 0 Å². The molecule has 1 aromatic heterocycles. The van der Waals surface area contributed by atoms with Crippen molar-refractivity contribution in [3.8, 4) is 11.1 Å². The summed E-state index contributed by atoms with van der Waals surface area (Å²) in [5.74, 6) is 0.874. The molecule has 7 nitrogen and oxygen atoms in total. The summed E-state index contributed by atoms with van der Waals surface area (Å²) >= 11 is -2.23. The van der Waals surface area contributed by atoms with Crippen molar-refractivity contribution in [2.24, 2.45) is 0 Å². The van der Waals surface area contributed by atoms with Crippen LogP contribution >= 0.6 is 0 Å². The fourth-order valence-electron chi connectivity index (χ4n) is 3.31. The number of anilines is 1. The van der Waals surface area contributed by atoms with E-state index in [2.05, 4.69) is 26.7 Å². The summed E-state index contributed by atoms with van der Waals surface area (Å²) in [7, 11) is 0. The fraction of sp³-hybridized carbons (Fsp3) is 0.300. The number of hydrogen-bond donors (Lipinski definition) is 1. The van der Waals surface area contributed by atoms with Gasteiger partial charge in [0.15, 0.2) is 0 Å². The highest BCUT2D eigenvalue weighted by Crippen LogP contribution is 2.25. The number of nitrogens with one attached hydrogen (secondary N) is 1. The minimum Gasteiger partial charge on any atom is -0.760 e. The SMILES string of the molecule is O=S([O-])NCCc1cccc(-c2ccc3ncc(N4CCOCC4)nc3c2)c1. The summed E-state index contributed by atoms with van der Waals surface area (Å²) in [6, 6.07) is 14.2. The maximum Gasteiger partial charge on any atom is 0.148 e. The van der Waals surface area contributed by atoms with Gasteiger partial charge in [0.25, 0.3) is 0 Å². The van der Waals surface area contributed by atoms with Gasteiger partial charge in [0.05, 0.1) is 30.4 Å². The molecule has 28 heavy (non-hydrogen) atoms. The normalized spacial score (nSPS) is 15.7. The molecule has 1 saturated heterocycles. The standard InChI is InChI=1S/C20H22N4O3S/c25-28(26)22-7-6-15-2-1-3-16(12-15)17-4-5-18-19(13-17)23-20(14-21-18)24-8-10-27-11-9-24/h1-5,12-14,22H,6-11H2,(H,25,26)/p-1. The Hall–Kier alpha value is -2.39. The summed E-state index contributed by atoms with van der Waals surface area (Å²) in [4.78, 5) is 11.6. The summed E-state index contributed by atoms with van der Waals surface area (Å²) in [6.07, 6.45) is 2.46. The van der Waals surface area contributed by atoms with Gasteiger partial charge in [-0.05, 0) is 35.2 Å². The van der Waals surface area contributed by atoms with E-state index in [1.807, 2.05) is 36.5 Å². The molecule has 1 fully saturated rings. The first-order valence-corrected chi connectivity index (χ1v) is 10.3. The Morgan fingerprint density at radius 3 is 2.75 bits per heavy atom. The molecule has 2 aromatic carbocycles. The van der Waals surface area contributed by atoms with Crippen LogP contribution in [0.25, 0.3) is 22.2 Å². The van der Waals surface area contributed by atoms with Crippen LogP contribution in [0.3, 0.4) is 0 Å². The fourth-order valence-corrected chi connectivity index (χ4v) is 3.58. The molecule has 0 radical (unpaired) electrons. The Bertz CT molecular complexity index is 992. The van der Waals surface area contributed by atoms with Gasteiger partial charge in [0, 0.05) is 30.9 Å². The first-order valence-electron chi connectivity index (χ1n) is 9.21. The first-order chi connectivity index (χ1) is 13.7. The highest BCUT2D eigenvalue weighted by molar-refractivity contribution is 7.77. The second-order valence-corrected chi connectivity index (χ2v) is 7.37. The highest BCUT2D eigenvalue weighted by atomic mass is 32.2. The van der Waals surface area contributed by atoms with E-state index in [1.165, 1.54) is 0 Å². The van der Waals surface area contributed by atoms with E-state index < -0.39 is 11.3 Å². The van der Waals surface area contributed by atoms with Gasteiger partial charge in [-0.1, -0.05) is 30.3 Å². The topological polar surface area (TPSA) is 90.4 Å². The maximum atomic E-state index is 10.6. The second-order valence-electron chi connectivity index (χ2n) is 6.61. The summed E-state index contributed by atoms with van der Waals surface area (Å²) in [6.45, 7) is 3.45.